The second kappa shape index (κ2) is 7.21. The molecule has 0 saturated heterocycles. The van der Waals surface area contributed by atoms with Crippen LogP contribution in [-0.4, -0.2) is 22.3 Å². The van der Waals surface area contributed by atoms with E-state index >= 15 is 0 Å². The van der Waals surface area contributed by atoms with Crippen LogP contribution in [0.5, 0.6) is 5.75 Å². The summed E-state index contributed by atoms with van der Waals surface area (Å²) in [6, 6.07) is 6.24. The number of aromatic nitrogens is 1. The molecule has 0 aliphatic rings. The number of carbonyl (C=O) groups excluding carboxylic acids is 1. The fourth-order valence-corrected chi connectivity index (χ4v) is 1.75. The van der Waals surface area contributed by atoms with Crippen LogP contribution in [0, 0.1) is 10.1 Å². The van der Waals surface area contributed by atoms with Gasteiger partial charge in [-0.15, -0.1) is 0 Å². The van der Waals surface area contributed by atoms with E-state index in [0.717, 1.165) is 24.3 Å². The predicted octanol–water partition coefficient (Wildman–Crippen LogP) is 3.49. The Balaban J connectivity index is 2.32. The third-order valence-corrected chi connectivity index (χ3v) is 2.78. The van der Waals surface area contributed by atoms with E-state index in [-0.39, 0.29) is 17.0 Å². The van der Waals surface area contributed by atoms with Crippen LogP contribution in [0.2, 0.25) is 0 Å². The van der Waals surface area contributed by atoms with Crippen molar-refractivity contribution in [2.45, 2.75) is 6.61 Å². The third-order valence-electron chi connectivity index (χ3n) is 2.78. The molecule has 0 amide bonds. The Labute approximate surface area is 129 Å². The lowest BCUT2D eigenvalue weighted by molar-refractivity contribution is -0.384. The van der Waals surface area contributed by atoms with E-state index in [1.54, 1.807) is 6.07 Å². The summed E-state index contributed by atoms with van der Waals surface area (Å²) < 4.78 is 29.0. The highest BCUT2D eigenvalue weighted by Crippen LogP contribution is 2.27. The number of ketones is 1. The Morgan fingerprint density at radius 3 is 2.74 bits per heavy atom. The Bertz CT molecular complexity index is 748. The molecule has 8 heteroatoms. The maximum Gasteiger partial charge on any atom is 0.387 e. The monoisotopic (exact) mass is 320 g/mol. The molecule has 0 aliphatic heterocycles. The molecule has 0 unspecified atom stereocenters. The number of nitro groups is 1. The molecule has 1 aromatic heterocycles. The molecule has 0 spiro atoms. The van der Waals surface area contributed by atoms with Crippen molar-refractivity contribution in [3.05, 3.63) is 70.0 Å². The summed E-state index contributed by atoms with van der Waals surface area (Å²) in [4.78, 5) is 25.8. The number of alkyl halides is 2. The molecule has 0 fully saturated rings. The van der Waals surface area contributed by atoms with Gasteiger partial charge in [-0.1, -0.05) is 0 Å². The molecular weight excluding hydrogens is 310 g/mol. The molecule has 23 heavy (non-hydrogen) atoms. The van der Waals surface area contributed by atoms with Crippen LogP contribution in [0.25, 0.3) is 6.08 Å². The highest BCUT2D eigenvalue weighted by molar-refractivity contribution is 6.06. The summed E-state index contributed by atoms with van der Waals surface area (Å²) in [6.45, 7) is -3.09. The minimum Gasteiger partial charge on any atom is -0.434 e. The van der Waals surface area contributed by atoms with Crippen molar-refractivity contribution in [3.8, 4) is 5.75 Å². The van der Waals surface area contributed by atoms with Crippen molar-refractivity contribution >= 4 is 17.5 Å². The van der Waals surface area contributed by atoms with Crippen molar-refractivity contribution in [2.24, 2.45) is 0 Å². The average molecular weight is 320 g/mol. The van der Waals surface area contributed by atoms with Gasteiger partial charge in [0.1, 0.15) is 5.75 Å². The van der Waals surface area contributed by atoms with Crippen LogP contribution in [0.15, 0.2) is 48.8 Å². The first-order valence-electron chi connectivity index (χ1n) is 6.33. The van der Waals surface area contributed by atoms with Gasteiger partial charge in [0.05, 0.1) is 4.92 Å². The molecule has 118 valence electrons. The number of halogens is 2. The van der Waals surface area contributed by atoms with Gasteiger partial charge in [0.2, 0.25) is 0 Å². The quantitative estimate of drug-likeness (QED) is 0.352. The van der Waals surface area contributed by atoms with Crippen molar-refractivity contribution in [1.29, 1.82) is 0 Å². The van der Waals surface area contributed by atoms with E-state index in [0.29, 0.717) is 5.56 Å². The zero-order valence-electron chi connectivity index (χ0n) is 11.6. The normalized spacial score (nSPS) is 10.9. The second-order valence-electron chi connectivity index (χ2n) is 4.30. The van der Waals surface area contributed by atoms with Crippen LogP contribution in [0.1, 0.15) is 15.9 Å². The largest absolute Gasteiger partial charge is 0.434 e. The van der Waals surface area contributed by atoms with Crippen LogP contribution in [0.3, 0.4) is 0 Å². The van der Waals surface area contributed by atoms with E-state index in [2.05, 4.69) is 9.72 Å². The summed E-state index contributed by atoms with van der Waals surface area (Å²) in [6.07, 6.45) is 5.13. The number of carbonyl (C=O) groups is 1. The molecule has 1 heterocycles. The predicted molar refractivity (Wildman–Crippen MR) is 77.3 cm³/mol. The van der Waals surface area contributed by atoms with Crippen molar-refractivity contribution in [1.82, 2.24) is 4.98 Å². The van der Waals surface area contributed by atoms with Gasteiger partial charge in [0.25, 0.3) is 5.69 Å². The lowest BCUT2D eigenvalue weighted by atomic mass is 10.1. The molecule has 2 rings (SSSR count). The lowest BCUT2D eigenvalue weighted by Crippen LogP contribution is -2.04. The molecule has 0 saturated carbocycles. The number of benzene rings is 1. The van der Waals surface area contributed by atoms with Gasteiger partial charge >= 0.3 is 6.61 Å². The fourth-order valence-electron chi connectivity index (χ4n) is 1.75. The van der Waals surface area contributed by atoms with Gasteiger partial charge < -0.3 is 4.74 Å². The fraction of sp³-hybridized carbons (Fsp3) is 0.0667. The molecular formula is C15H10F2N2O4. The summed E-state index contributed by atoms with van der Waals surface area (Å²) in [5.74, 6) is -0.687. The van der Waals surface area contributed by atoms with E-state index < -0.39 is 17.3 Å². The van der Waals surface area contributed by atoms with Crippen molar-refractivity contribution in [3.63, 3.8) is 0 Å². The number of nitrogens with zero attached hydrogens (tertiary/aromatic N) is 2. The number of rotatable bonds is 6. The summed E-state index contributed by atoms with van der Waals surface area (Å²) >= 11 is 0. The summed E-state index contributed by atoms with van der Waals surface area (Å²) in [5.41, 5.74) is -0.0117. The van der Waals surface area contributed by atoms with Gasteiger partial charge in [-0.3, -0.25) is 19.9 Å². The average Bonchev–Trinajstić information content (AvgIpc) is 2.53. The Morgan fingerprint density at radius 1 is 1.35 bits per heavy atom. The van der Waals surface area contributed by atoms with Gasteiger partial charge in [-0.05, 0) is 30.4 Å². The van der Waals surface area contributed by atoms with Crippen LogP contribution >= 0.6 is 0 Å². The van der Waals surface area contributed by atoms with Gasteiger partial charge in [0.15, 0.2) is 5.78 Å². The van der Waals surface area contributed by atoms with Crippen LogP contribution in [-0.2, 0) is 0 Å². The number of nitro benzene ring substituents is 1. The highest BCUT2D eigenvalue weighted by Gasteiger charge is 2.13. The molecule has 0 bridgehead atoms. The summed E-state index contributed by atoms with van der Waals surface area (Å²) in [7, 11) is 0. The molecule has 6 nitrogen and oxygen atoms in total. The topological polar surface area (TPSA) is 82.3 Å². The number of hydrogen-bond donors (Lipinski definition) is 0. The van der Waals surface area contributed by atoms with E-state index in [9.17, 15) is 23.7 Å². The SMILES string of the molecule is O=C(/C=C\c1cc([N+](=O)[O-])ccc1OC(F)F)c1cccnc1. The Hall–Kier alpha value is -3.16. The second-order valence-corrected chi connectivity index (χ2v) is 4.30. The lowest BCUT2D eigenvalue weighted by Gasteiger charge is -2.07. The molecule has 2 aromatic rings. The third kappa shape index (κ3) is 4.40. The summed E-state index contributed by atoms with van der Waals surface area (Å²) in [5, 5.41) is 10.8. The minimum absolute atomic E-state index is 0.00302. The first kappa shape index (κ1) is 16.2. The number of ether oxygens (including phenoxy) is 1. The van der Waals surface area contributed by atoms with Gasteiger partial charge in [0, 0.05) is 35.7 Å². The minimum atomic E-state index is -3.09. The van der Waals surface area contributed by atoms with Crippen molar-refractivity contribution < 1.29 is 23.2 Å². The zero-order chi connectivity index (χ0) is 16.8. The molecule has 0 aliphatic carbocycles. The van der Waals surface area contributed by atoms with Gasteiger partial charge in [-0.25, -0.2) is 0 Å². The first-order chi connectivity index (χ1) is 11.0. The smallest absolute Gasteiger partial charge is 0.387 e. The molecule has 0 N–H and O–H groups in total. The van der Waals surface area contributed by atoms with Crippen LogP contribution < -0.4 is 4.74 Å². The standard InChI is InChI=1S/C15H10F2N2O4/c16-15(17)23-14-6-4-12(19(21)22)8-10(14)3-5-13(20)11-2-1-7-18-9-11/h1-9,15H/b5-3-. The highest BCUT2D eigenvalue weighted by atomic mass is 19.3. The molecule has 0 atom stereocenters. The zero-order valence-corrected chi connectivity index (χ0v) is 11.6. The van der Waals surface area contributed by atoms with Crippen LogP contribution in [0.4, 0.5) is 14.5 Å². The Kier molecular flexibility index (Phi) is 5.08. The number of pyridine rings is 1. The molecule has 1 aromatic carbocycles. The maximum atomic E-state index is 12.4. The maximum absolute atomic E-state index is 12.4. The number of non-ortho nitro benzene ring substituents is 1. The number of allylic oxidation sites excluding steroid dienone is 1. The van der Waals surface area contributed by atoms with Crippen molar-refractivity contribution in [2.75, 3.05) is 0 Å². The molecule has 0 radical (unpaired) electrons. The van der Waals surface area contributed by atoms with E-state index in [4.69, 9.17) is 0 Å². The van der Waals surface area contributed by atoms with E-state index in [1.165, 1.54) is 24.5 Å². The Morgan fingerprint density at radius 2 is 2.13 bits per heavy atom. The first-order valence-corrected chi connectivity index (χ1v) is 6.33. The van der Waals surface area contributed by atoms with E-state index in [1.807, 2.05) is 0 Å². The number of hydrogen-bond acceptors (Lipinski definition) is 5. The van der Waals surface area contributed by atoms with Gasteiger partial charge in [-0.2, -0.15) is 8.78 Å².